The van der Waals surface area contributed by atoms with E-state index in [2.05, 4.69) is 32.3 Å². The van der Waals surface area contributed by atoms with Gasteiger partial charge in [-0.2, -0.15) is 0 Å². The molecule has 0 radical (unpaired) electrons. The second kappa shape index (κ2) is 7.67. The van der Waals surface area contributed by atoms with E-state index in [4.69, 9.17) is 4.74 Å². The van der Waals surface area contributed by atoms with Gasteiger partial charge in [0.15, 0.2) is 0 Å². The van der Waals surface area contributed by atoms with Gasteiger partial charge in [-0.05, 0) is 42.5 Å². The lowest BCUT2D eigenvalue weighted by Gasteiger charge is -2.09. The maximum absolute atomic E-state index is 11.3. The molecule has 0 spiro atoms. The summed E-state index contributed by atoms with van der Waals surface area (Å²) in [5.74, 6) is 1.47. The topological polar surface area (TPSA) is 68.2 Å². The maximum Gasteiger partial charge on any atom is 0.221 e. The third-order valence-electron chi connectivity index (χ3n) is 4.78. The van der Waals surface area contributed by atoms with E-state index in [1.54, 1.807) is 13.3 Å². The van der Waals surface area contributed by atoms with E-state index in [0.29, 0.717) is 0 Å². The number of methoxy groups -OCH3 is 1. The minimum absolute atomic E-state index is 0.103. The van der Waals surface area contributed by atoms with Crippen LogP contribution in [0.15, 0.2) is 66.9 Å². The zero-order chi connectivity index (χ0) is 20.4. The van der Waals surface area contributed by atoms with Gasteiger partial charge < -0.3 is 19.9 Å². The Kier molecular flexibility index (Phi) is 4.91. The number of fused-ring (bicyclic) bond motifs is 1. The lowest BCUT2D eigenvalue weighted by molar-refractivity contribution is -0.114. The number of pyridine rings is 1. The molecule has 0 aliphatic carbocycles. The Bertz CT molecular complexity index is 1200. The van der Waals surface area contributed by atoms with Gasteiger partial charge in [0, 0.05) is 48.2 Å². The number of rotatable bonds is 5. The molecule has 1 amide bonds. The van der Waals surface area contributed by atoms with E-state index in [1.165, 1.54) is 6.92 Å². The number of nitrogens with zero attached hydrogens (tertiary/aromatic N) is 2. The zero-order valence-electron chi connectivity index (χ0n) is 16.6. The first-order chi connectivity index (χ1) is 14.0. The monoisotopic (exact) mass is 386 g/mol. The molecular weight excluding hydrogens is 364 g/mol. The van der Waals surface area contributed by atoms with Crippen LogP contribution in [0.4, 0.5) is 17.2 Å². The maximum atomic E-state index is 11.3. The average molecular weight is 386 g/mol. The van der Waals surface area contributed by atoms with Gasteiger partial charge in [-0.3, -0.25) is 4.79 Å². The molecule has 0 atom stereocenters. The zero-order valence-corrected chi connectivity index (χ0v) is 16.6. The molecule has 29 heavy (non-hydrogen) atoms. The van der Waals surface area contributed by atoms with E-state index in [9.17, 15) is 4.79 Å². The predicted molar refractivity (Wildman–Crippen MR) is 117 cm³/mol. The molecule has 2 N–H and O–H groups in total. The molecule has 146 valence electrons. The van der Waals surface area contributed by atoms with Crippen molar-refractivity contribution in [2.24, 2.45) is 7.05 Å². The number of hydrogen-bond donors (Lipinski definition) is 2. The summed E-state index contributed by atoms with van der Waals surface area (Å²) in [5.41, 5.74) is 4.80. The van der Waals surface area contributed by atoms with Gasteiger partial charge in [0.1, 0.15) is 11.6 Å². The number of anilines is 3. The lowest BCUT2D eigenvalue weighted by atomic mass is 10.1. The van der Waals surface area contributed by atoms with Gasteiger partial charge >= 0.3 is 0 Å². The number of amides is 1. The molecule has 0 bridgehead atoms. The summed E-state index contributed by atoms with van der Waals surface area (Å²) >= 11 is 0. The van der Waals surface area contributed by atoms with Crippen molar-refractivity contribution < 1.29 is 9.53 Å². The molecule has 0 fully saturated rings. The first kappa shape index (κ1) is 18.6. The van der Waals surface area contributed by atoms with Crippen molar-refractivity contribution in [3.05, 3.63) is 66.9 Å². The molecule has 4 aromatic rings. The van der Waals surface area contributed by atoms with Crippen LogP contribution < -0.4 is 15.4 Å². The van der Waals surface area contributed by atoms with Crippen molar-refractivity contribution in [2.75, 3.05) is 17.7 Å². The van der Waals surface area contributed by atoms with E-state index < -0.39 is 0 Å². The van der Waals surface area contributed by atoms with Gasteiger partial charge in [-0.15, -0.1) is 0 Å². The van der Waals surface area contributed by atoms with Crippen LogP contribution >= 0.6 is 0 Å². The largest absolute Gasteiger partial charge is 0.497 e. The highest BCUT2D eigenvalue weighted by Gasteiger charge is 2.13. The standard InChI is InChI=1S/C23H22N4O2/c1-15(28)25-17-7-5-8-18(13-17)26-23-20-14-22(27(2)21(20)10-11-24-23)16-6-4-9-19(12-16)29-3/h4-14H,1-3H3,(H,24,26)(H,25,28). The predicted octanol–water partition coefficient (Wildman–Crippen LogP) is 4.95. The molecule has 2 aromatic carbocycles. The molecule has 0 saturated heterocycles. The second-order valence-corrected chi connectivity index (χ2v) is 6.80. The number of carbonyl (C=O) groups excluding carboxylic acids is 1. The van der Waals surface area contributed by atoms with E-state index in [-0.39, 0.29) is 5.91 Å². The Morgan fingerprint density at radius 1 is 1.03 bits per heavy atom. The average Bonchev–Trinajstić information content (AvgIpc) is 3.06. The quantitative estimate of drug-likeness (QED) is 0.509. The molecule has 0 saturated carbocycles. The first-order valence-electron chi connectivity index (χ1n) is 9.28. The highest BCUT2D eigenvalue weighted by Crippen LogP contribution is 2.33. The summed E-state index contributed by atoms with van der Waals surface area (Å²) < 4.78 is 7.51. The van der Waals surface area contributed by atoms with Crippen molar-refractivity contribution in [3.63, 3.8) is 0 Å². The van der Waals surface area contributed by atoms with E-state index in [1.807, 2.05) is 55.6 Å². The number of carbonyl (C=O) groups is 1. The van der Waals surface area contributed by atoms with E-state index >= 15 is 0 Å². The van der Waals surface area contributed by atoms with Crippen molar-refractivity contribution in [1.82, 2.24) is 9.55 Å². The van der Waals surface area contributed by atoms with Crippen LogP contribution in [-0.4, -0.2) is 22.6 Å². The molecule has 2 heterocycles. The fourth-order valence-electron chi connectivity index (χ4n) is 3.43. The normalized spacial score (nSPS) is 10.7. The number of aromatic nitrogens is 2. The highest BCUT2D eigenvalue weighted by molar-refractivity contribution is 5.96. The molecular formula is C23H22N4O2. The summed E-state index contributed by atoms with van der Waals surface area (Å²) in [4.78, 5) is 15.9. The Morgan fingerprint density at radius 3 is 2.62 bits per heavy atom. The summed E-state index contributed by atoms with van der Waals surface area (Å²) in [6.45, 7) is 1.49. The van der Waals surface area contributed by atoms with Crippen LogP contribution in [0.3, 0.4) is 0 Å². The van der Waals surface area contributed by atoms with Gasteiger partial charge in [0.25, 0.3) is 0 Å². The fourth-order valence-corrected chi connectivity index (χ4v) is 3.43. The number of aryl methyl sites for hydroxylation is 1. The fraction of sp³-hybridized carbons (Fsp3) is 0.130. The second-order valence-electron chi connectivity index (χ2n) is 6.80. The Morgan fingerprint density at radius 2 is 1.83 bits per heavy atom. The molecule has 0 aliphatic heterocycles. The molecule has 0 aliphatic rings. The number of nitrogens with one attached hydrogen (secondary N) is 2. The highest BCUT2D eigenvalue weighted by atomic mass is 16.5. The first-order valence-corrected chi connectivity index (χ1v) is 9.28. The van der Waals surface area contributed by atoms with Crippen LogP contribution in [0.1, 0.15) is 6.92 Å². The molecule has 6 heteroatoms. The minimum atomic E-state index is -0.103. The van der Waals surface area contributed by atoms with Gasteiger partial charge in [-0.25, -0.2) is 4.98 Å². The van der Waals surface area contributed by atoms with Crippen molar-refractivity contribution >= 4 is 34.0 Å². The summed E-state index contributed by atoms with van der Waals surface area (Å²) in [5, 5.41) is 7.18. The molecule has 2 aromatic heterocycles. The lowest BCUT2D eigenvalue weighted by Crippen LogP contribution is -2.05. The molecule has 6 nitrogen and oxygen atoms in total. The summed E-state index contributed by atoms with van der Waals surface area (Å²) in [7, 11) is 3.71. The summed E-state index contributed by atoms with van der Waals surface area (Å²) in [6.07, 6.45) is 1.79. The molecule has 0 unspecified atom stereocenters. The van der Waals surface area contributed by atoms with E-state index in [0.717, 1.165) is 45.1 Å². The summed E-state index contributed by atoms with van der Waals surface area (Å²) in [6, 6.07) is 19.7. The SMILES string of the molecule is COc1cccc(-c2cc3c(Nc4cccc(NC(C)=O)c4)nccc3n2C)c1. The smallest absolute Gasteiger partial charge is 0.221 e. The van der Waals surface area contributed by atoms with Crippen LogP contribution in [0.25, 0.3) is 22.2 Å². The van der Waals surface area contributed by atoms with Crippen molar-refractivity contribution in [2.45, 2.75) is 6.92 Å². The third-order valence-corrected chi connectivity index (χ3v) is 4.78. The van der Waals surface area contributed by atoms with Crippen LogP contribution in [-0.2, 0) is 11.8 Å². The molecule has 4 rings (SSSR count). The number of ether oxygens (including phenoxy) is 1. The Labute approximate surface area is 169 Å². The van der Waals surface area contributed by atoms with Crippen molar-refractivity contribution in [3.8, 4) is 17.0 Å². The third kappa shape index (κ3) is 3.78. The van der Waals surface area contributed by atoms with Crippen molar-refractivity contribution in [1.29, 1.82) is 0 Å². The number of benzene rings is 2. The van der Waals surface area contributed by atoms with Gasteiger partial charge in [-0.1, -0.05) is 18.2 Å². The number of hydrogen-bond acceptors (Lipinski definition) is 4. The van der Waals surface area contributed by atoms with Crippen LogP contribution in [0.2, 0.25) is 0 Å². The Hall–Kier alpha value is -3.80. The van der Waals surface area contributed by atoms with Gasteiger partial charge in [0.05, 0.1) is 12.6 Å². The Balaban J connectivity index is 1.74. The van der Waals surface area contributed by atoms with Crippen LogP contribution in [0, 0.1) is 0 Å². The van der Waals surface area contributed by atoms with Crippen LogP contribution in [0.5, 0.6) is 5.75 Å². The van der Waals surface area contributed by atoms with Gasteiger partial charge in [0.2, 0.25) is 5.91 Å². The minimum Gasteiger partial charge on any atom is -0.497 e.